The summed E-state index contributed by atoms with van der Waals surface area (Å²) >= 11 is 0. The van der Waals surface area contributed by atoms with Crippen LogP contribution >= 0.6 is 0 Å². The lowest BCUT2D eigenvalue weighted by atomic mass is 10.1. The van der Waals surface area contributed by atoms with E-state index < -0.39 is 0 Å². The lowest BCUT2D eigenvalue weighted by Gasteiger charge is -2.39. The minimum Gasteiger partial charge on any atom is -0.310 e. The molecule has 0 spiro atoms. The van der Waals surface area contributed by atoms with Crippen LogP contribution in [0.4, 0.5) is 5.82 Å². The quantitative estimate of drug-likeness (QED) is 0.841. The van der Waals surface area contributed by atoms with Crippen molar-refractivity contribution in [3.63, 3.8) is 0 Å². The fourth-order valence-corrected chi connectivity index (χ4v) is 4.73. The van der Waals surface area contributed by atoms with Crippen molar-refractivity contribution >= 4 is 17.7 Å². The Morgan fingerprint density at radius 1 is 1.19 bits per heavy atom. The van der Waals surface area contributed by atoms with Crippen molar-refractivity contribution in [1.82, 2.24) is 14.5 Å². The monoisotopic (exact) mass is 363 g/mol. The van der Waals surface area contributed by atoms with Gasteiger partial charge < -0.3 is 4.57 Å². The van der Waals surface area contributed by atoms with Gasteiger partial charge in [0.1, 0.15) is 11.6 Å². The number of hydrogen-bond acceptors (Lipinski definition) is 4. The number of rotatable bonds is 3. The molecule has 140 valence electrons. The molecule has 5 rings (SSSR count). The maximum atomic E-state index is 13.3. The first-order chi connectivity index (χ1) is 13.1. The van der Waals surface area contributed by atoms with Crippen LogP contribution in [0.2, 0.25) is 0 Å². The van der Waals surface area contributed by atoms with Gasteiger partial charge in [-0.05, 0) is 45.6 Å². The third-order valence-corrected chi connectivity index (χ3v) is 5.97. The molecule has 0 saturated heterocycles. The highest BCUT2D eigenvalue weighted by Gasteiger charge is 2.50. The Morgan fingerprint density at radius 3 is 2.70 bits per heavy atom. The van der Waals surface area contributed by atoms with Crippen LogP contribution in [0.1, 0.15) is 55.0 Å². The van der Waals surface area contributed by atoms with E-state index in [0.29, 0.717) is 24.3 Å². The number of imidazole rings is 1. The maximum Gasteiger partial charge on any atom is 0.283 e. The van der Waals surface area contributed by atoms with Gasteiger partial charge in [0.25, 0.3) is 5.91 Å². The van der Waals surface area contributed by atoms with Crippen molar-refractivity contribution in [3.05, 3.63) is 47.4 Å². The Hall–Kier alpha value is -2.63. The normalized spacial score (nSPS) is 23.6. The number of benzene rings is 1. The molecule has 3 aliphatic rings. The van der Waals surface area contributed by atoms with Crippen molar-refractivity contribution in [3.8, 4) is 0 Å². The third kappa shape index (κ3) is 2.35. The van der Waals surface area contributed by atoms with Gasteiger partial charge in [-0.3, -0.25) is 14.6 Å². The molecule has 1 aromatic carbocycles. The number of aromatic nitrogens is 2. The molecule has 1 fully saturated rings. The van der Waals surface area contributed by atoms with E-state index in [4.69, 9.17) is 9.98 Å². The SMILES string of the molecule is Cc1nc2c(n1Cc1ccccc1)N1C(=N[C@@H]3CCC[C@@H]31)N(C(C)C)C2=O. The molecule has 1 amide bonds. The molecule has 6 heteroatoms. The molecule has 0 unspecified atom stereocenters. The molecule has 0 N–H and O–H groups in total. The van der Waals surface area contributed by atoms with Gasteiger partial charge in [-0.1, -0.05) is 30.3 Å². The highest BCUT2D eigenvalue weighted by atomic mass is 16.2. The lowest BCUT2D eigenvalue weighted by molar-refractivity contribution is 0.0805. The Morgan fingerprint density at radius 2 is 1.96 bits per heavy atom. The van der Waals surface area contributed by atoms with Crippen molar-refractivity contribution in [1.29, 1.82) is 0 Å². The number of aryl methyl sites for hydroxylation is 1. The molecule has 27 heavy (non-hydrogen) atoms. The predicted molar refractivity (Wildman–Crippen MR) is 105 cm³/mol. The van der Waals surface area contributed by atoms with Gasteiger partial charge in [0, 0.05) is 6.04 Å². The zero-order valence-electron chi connectivity index (χ0n) is 16.1. The Balaban J connectivity index is 1.67. The fraction of sp³-hybridized carbons (Fsp3) is 0.476. The van der Waals surface area contributed by atoms with Crippen molar-refractivity contribution in [2.75, 3.05) is 4.90 Å². The summed E-state index contributed by atoms with van der Waals surface area (Å²) in [6.45, 7) is 6.80. The second-order valence-corrected chi connectivity index (χ2v) is 8.04. The number of hydrogen-bond donors (Lipinski definition) is 0. The van der Waals surface area contributed by atoms with E-state index in [0.717, 1.165) is 30.4 Å². The number of anilines is 1. The van der Waals surface area contributed by atoms with E-state index in [9.17, 15) is 4.79 Å². The van der Waals surface area contributed by atoms with Crippen LogP contribution < -0.4 is 4.90 Å². The van der Waals surface area contributed by atoms with Gasteiger partial charge >= 0.3 is 0 Å². The van der Waals surface area contributed by atoms with Crippen molar-refractivity contribution in [2.45, 2.75) is 64.7 Å². The van der Waals surface area contributed by atoms with Crippen molar-refractivity contribution in [2.24, 2.45) is 4.99 Å². The molecule has 2 aliphatic heterocycles. The summed E-state index contributed by atoms with van der Waals surface area (Å²) in [7, 11) is 0. The first-order valence-corrected chi connectivity index (χ1v) is 9.88. The molecule has 1 aromatic heterocycles. The first kappa shape index (κ1) is 16.5. The molecule has 0 radical (unpaired) electrons. The summed E-state index contributed by atoms with van der Waals surface area (Å²) in [5, 5.41) is 0. The molecule has 0 bridgehead atoms. The van der Waals surface area contributed by atoms with Gasteiger partial charge in [-0.2, -0.15) is 0 Å². The van der Waals surface area contributed by atoms with Crippen LogP contribution in [-0.2, 0) is 6.54 Å². The Labute approximate surface area is 159 Å². The predicted octanol–water partition coefficient (Wildman–Crippen LogP) is 3.20. The topological polar surface area (TPSA) is 53.7 Å². The van der Waals surface area contributed by atoms with E-state index in [2.05, 4.69) is 33.7 Å². The van der Waals surface area contributed by atoms with Crippen LogP contribution in [-0.4, -0.2) is 44.4 Å². The largest absolute Gasteiger partial charge is 0.310 e. The van der Waals surface area contributed by atoms with Crippen LogP contribution in [0.3, 0.4) is 0 Å². The van der Waals surface area contributed by atoms with Gasteiger partial charge in [0.2, 0.25) is 5.96 Å². The summed E-state index contributed by atoms with van der Waals surface area (Å²) in [6.07, 6.45) is 3.41. The highest BCUT2D eigenvalue weighted by Crippen LogP contribution is 2.42. The summed E-state index contributed by atoms with van der Waals surface area (Å²) in [5.74, 6) is 2.62. The average Bonchev–Trinajstić information content (AvgIpc) is 3.30. The van der Waals surface area contributed by atoms with Crippen LogP contribution in [0.25, 0.3) is 0 Å². The molecule has 1 saturated carbocycles. The smallest absolute Gasteiger partial charge is 0.283 e. The average molecular weight is 363 g/mol. The Bertz CT molecular complexity index is 930. The summed E-state index contributed by atoms with van der Waals surface area (Å²) in [4.78, 5) is 27.1. The maximum absolute atomic E-state index is 13.3. The summed E-state index contributed by atoms with van der Waals surface area (Å²) < 4.78 is 2.19. The first-order valence-electron chi connectivity index (χ1n) is 9.88. The Kier molecular flexibility index (Phi) is 3.64. The van der Waals surface area contributed by atoms with Gasteiger partial charge in [0.15, 0.2) is 5.69 Å². The summed E-state index contributed by atoms with van der Waals surface area (Å²) in [5.41, 5.74) is 1.78. The zero-order valence-corrected chi connectivity index (χ0v) is 16.1. The molecular formula is C21H25N5O. The van der Waals surface area contributed by atoms with E-state index in [1.165, 1.54) is 12.0 Å². The van der Waals surface area contributed by atoms with Crippen LogP contribution in [0.15, 0.2) is 35.3 Å². The molecule has 1 aliphatic carbocycles. The second kappa shape index (κ2) is 5.94. The van der Waals surface area contributed by atoms with Gasteiger partial charge in [0.05, 0.1) is 18.6 Å². The number of amides is 1. The zero-order chi connectivity index (χ0) is 18.7. The number of fused-ring (bicyclic) bond motifs is 5. The van der Waals surface area contributed by atoms with Crippen LogP contribution in [0.5, 0.6) is 0 Å². The van der Waals surface area contributed by atoms with Crippen molar-refractivity contribution < 1.29 is 4.79 Å². The van der Waals surface area contributed by atoms with E-state index in [1.54, 1.807) is 0 Å². The minimum atomic E-state index is -0.0233. The summed E-state index contributed by atoms with van der Waals surface area (Å²) in [6, 6.07) is 11.1. The number of carbonyl (C=O) groups is 1. The molecule has 3 heterocycles. The van der Waals surface area contributed by atoms with Gasteiger partial charge in [-0.25, -0.2) is 9.98 Å². The number of guanidine groups is 1. The fourth-order valence-electron chi connectivity index (χ4n) is 4.73. The minimum absolute atomic E-state index is 0.0233. The third-order valence-electron chi connectivity index (χ3n) is 5.97. The van der Waals surface area contributed by atoms with Crippen LogP contribution in [0, 0.1) is 6.92 Å². The highest BCUT2D eigenvalue weighted by molar-refractivity contribution is 6.18. The lowest BCUT2D eigenvalue weighted by Crippen LogP contribution is -2.55. The molecule has 2 atom stereocenters. The van der Waals surface area contributed by atoms with E-state index in [-0.39, 0.29) is 11.9 Å². The second-order valence-electron chi connectivity index (χ2n) is 8.04. The molecule has 2 aromatic rings. The van der Waals surface area contributed by atoms with E-state index >= 15 is 0 Å². The number of nitrogens with zero attached hydrogens (tertiary/aromatic N) is 5. The van der Waals surface area contributed by atoms with E-state index in [1.807, 2.05) is 31.7 Å². The number of carbonyl (C=O) groups excluding carboxylic acids is 1. The molecule has 6 nitrogen and oxygen atoms in total. The molecular weight excluding hydrogens is 338 g/mol. The standard InChI is InChI=1S/C21H25N5O/c1-13(2)25-20(27)18-19(26-17-11-7-10-16(17)23-21(25)26)24(14(3)22-18)12-15-8-5-4-6-9-15/h4-6,8-9,13,16-17H,7,10-12H2,1-3H3/t16-,17+/m1/s1. The number of aliphatic imine (C=N–C) groups is 1. The van der Waals surface area contributed by atoms with Gasteiger partial charge in [-0.15, -0.1) is 0 Å².